The third-order valence-corrected chi connectivity index (χ3v) is 6.97. The van der Waals surface area contributed by atoms with Gasteiger partial charge in [0.2, 0.25) is 0 Å². The number of allylic oxidation sites excluding steroid dienone is 4. The van der Waals surface area contributed by atoms with Gasteiger partial charge in [0.05, 0.1) is 17.9 Å². The summed E-state index contributed by atoms with van der Waals surface area (Å²) in [6.45, 7) is 3.16. The van der Waals surface area contributed by atoms with Crippen LogP contribution in [0.1, 0.15) is 31.7 Å². The Morgan fingerprint density at radius 1 is 1.20 bits per heavy atom. The smallest absolute Gasteiger partial charge is 0.155 e. The van der Waals surface area contributed by atoms with Gasteiger partial charge in [0.1, 0.15) is 0 Å². The van der Waals surface area contributed by atoms with Gasteiger partial charge in [0.25, 0.3) is 0 Å². The number of rotatable bonds is 4. The van der Waals surface area contributed by atoms with Crippen molar-refractivity contribution in [2.75, 3.05) is 24.6 Å². The monoisotopic (exact) mass is 332 g/mol. The summed E-state index contributed by atoms with van der Waals surface area (Å²) >= 11 is 0. The molecule has 0 aromatic heterocycles. The topological polar surface area (TPSA) is 62.8 Å². The first-order valence-corrected chi connectivity index (χ1v) is 9.08. The summed E-state index contributed by atoms with van der Waals surface area (Å²) < 4.78 is 0. The summed E-state index contributed by atoms with van der Waals surface area (Å²) in [5.41, 5.74) is 11.1. The van der Waals surface area contributed by atoms with E-state index in [1.54, 1.807) is 0 Å². The quantitative estimate of drug-likeness (QED) is 0.824. The lowest BCUT2D eigenvalue weighted by Gasteiger charge is -2.30. The van der Waals surface area contributed by atoms with Crippen LogP contribution in [0.2, 0.25) is 0 Å². The molecule has 0 saturated heterocycles. The second kappa shape index (κ2) is 4.63. The molecule has 1 atom stereocenters. The van der Waals surface area contributed by atoms with Crippen LogP contribution in [0.15, 0.2) is 52.5 Å². The molecule has 1 aliphatic heterocycles. The van der Waals surface area contributed by atoms with Crippen molar-refractivity contribution in [3.63, 3.8) is 0 Å². The first kappa shape index (κ1) is 14.9. The summed E-state index contributed by atoms with van der Waals surface area (Å²) in [5, 5.41) is 3.10. The highest BCUT2D eigenvalue weighted by Crippen LogP contribution is 2.93. The van der Waals surface area contributed by atoms with Crippen LogP contribution in [0.25, 0.3) is 0 Å². The predicted molar refractivity (Wildman–Crippen MR) is 104 cm³/mol. The minimum absolute atomic E-state index is 0.284. The van der Waals surface area contributed by atoms with Crippen LogP contribution < -0.4 is 11.1 Å². The molecule has 4 nitrogen and oxygen atoms in total. The fraction of sp³-hybridized carbons (Fsp3) is 0.429. The molecule has 1 aromatic rings. The van der Waals surface area contributed by atoms with E-state index < -0.39 is 0 Å². The van der Waals surface area contributed by atoms with Gasteiger partial charge in [-0.3, -0.25) is 4.99 Å². The zero-order chi connectivity index (χ0) is 17.3. The second-order valence-electron chi connectivity index (χ2n) is 8.18. The van der Waals surface area contributed by atoms with Crippen molar-refractivity contribution in [3.8, 4) is 0 Å². The molecule has 3 aliphatic carbocycles. The number of nitrogen functional groups attached to an aromatic ring is 1. The van der Waals surface area contributed by atoms with Crippen molar-refractivity contribution in [2.24, 2.45) is 26.2 Å². The molecule has 25 heavy (non-hydrogen) atoms. The van der Waals surface area contributed by atoms with Gasteiger partial charge in [-0.1, -0.05) is 31.2 Å². The van der Waals surface area contributed by atoms with Crippen LogP contribution in [-0.4, -0.2) is 25.1 Å². The number of aliphatic imine (C=N–C) groups is 2. The third kappa shape index (κ3) is 1.82. The summed E-state index contributed by atoms with van der Waals surface area (Å²) in [6.07, 6.45) is 12.8. The molecule has 0 radical (unpaired) electrons. The van der Waals surface area contributed by atoms with Crippen molar-refractivity contribution >= 4 is 22.9 Å². The maximum Gasteiger partial charge on any atom is 0.155 e. The third-order valence-electron chi connectivity index (χ3n) is 6.97. The number of amidine groups is 1. The molecule has 5 rings (SSSR count). The fourth-order valence-corrected chi connectivity index (χ4v) is 5.10. The molecule has 2 saturated carbocycles. The van der Waals surface area contributed by atoms with Crippen molar-refractivity contribution in [3.05, 3.63) is 48.1 Å². The van der Waals surface area contributed by atoms with E-state index in [4.69, 9.17) is 15.7 Å². The predicted octanol–water partition coefficient (Wildman–Crippen LogP) is 3.81. The lowest BCUT2D eigenvalue weighted by atomic mass is 9.74. The zero-order valence-electron chi connectivity index (χ0n) is 14.8. The summed E-state index contributed by atoms with van der Waals surface area (Å²) in [6, 6.07) is 6.02. The van der Waals surface area contributed by atoms with Gasteiger partial charge in [0.15, 0.2) is 5.84 Å². The fourth-order valence-electron chi connectivity index (χ4n) is 5.10. The van der Waals surface area contributed by atoms with E-state index in [2.05, 4.69) is 36.5 Å². The number of hydrogen-bond donors (Lipinski definition) is 2. The number of benzene rings is 1. The Hall–Kier alpha value is -2.36. The van der Waals surface area contributed by atoms with E-state index in [0.717, 1.165) is 35.7 Å². The van der Waals surface area contributed by atoms with Gasteiger partial charge in [-0.15, -0.1) is 0 Å². The maximum absolute atomic E-state index is 6.10. The van der Waals surface area contributed by atoms with Crippen LogP contribution >= 0.6 is 0 Å². The number of hydrogen-bond acceptors (Lipinski definition) is 4. The summed E-state index contributed by atoms with van der Waals surface area (Å²) in [4.78, 5) is 9.67. The van der Waals surface area contributed by atoms with E-state index in [0.29, 0.717) is 10.8 Å². The van der Waals surface area contributed by atoms with Crippen LogP contribution in [0.3, 0.4) is 0 Å². The molecule has 0 bridgehead atoms. The lowest BCUT2D eigenvalue weighted by molar-refractivity contribution is 0.297. The number of nitrogens with one attached hydrogen (secondary N) is 1. The molecule has 2 fully saturated rings. The summed E-state index contributed by atoms with van der Waals surface area (Å²) in [7, 11) is 1.88. The average molecular weight is 332 g/mol. The minimum atomic E-state index is 0.284. The highest BCUT2D eigenvalue weighted by molar-refractivity contribution is 6.16. The largest absolute Gasteiger partial charge is 0.397 e. The SMILES string of the molecule is CNc1ccc(C2=NCC(C34CC3(C3(C)C=CC=CC3)C4)=N2)cc1N. The van der Waals surface area contributed by atoms with Crippen LogP contribution in [0.4, 0.5) is 11.4 Å². The molecule has 4 heteroatoms. The van der Waals surface area contributed by atoms with Gasteiger partial charge in [-0.05, 0) is 48.3 Å². The first-order valence-electron chi connectivity index (χ1n) is 9.08. The van der Waals surface area contributed by atoms with Crippen molar-refractivity contribution in [2.45, 2.75) is 26.2 Å². The Labute approximate surface area is 148 Å². The maximum atomic E-state index is 6.10. The molecular formula is C21H24N4. The van der Waals surface area contributed by atoms with E-state index in [9.17, 15) is 0 Å². The van der Waals surface area contributed by atoms with Gasteiger partial charge >= 0.3 is 0 Å². The zero-order valence-corrected chi connectivity index (χ0v) is 14.8. The molecule has 4 aliphatic rings. The van der Waals surface area contributed by atoms with Crippen molar-refractivity contribution in [1.29, 1.82) is 0 Å². The normalized spacial score (nSPS) is 37.4. The Morgan fingerprint density at radius 3 is 2.72 bits per heavy atom. The molecule has 1 aromatic carbocycles. The van der Waals surface area contributed by atoms with E-state index in [1.165, 1.54) is 18.6 Å². The number of fused-ring (bicyclic) bond motifs is 1. The molecule has 0 spiro atoms. The van der Waals surface area contributed by atoms with Crippen molar-refractivity contribution < 1.29 is 0 Å². The van der Waals surface area contributed by atoms with Crippen LogP contribution in [0.5, 0.6) is 0 Å². The first-order chi connectivity index (χ1) is 12.0. The van der Waals surface area contributed by atoms with Crippen LogP contribution in [-0.2, 0) is 0 Å². The number of nitrogens with two attached hydrogens (primary N) is 1. The molecular weight excluding hydrogens is 308 g/mol. The van der Waals surface area contributed by atoms with E-state index in [1.807, 2.05) is 25.2 Å². The van der Waals surface area contributed by atoms with Crippen LogP contribution in [0, 0.1) is 16.2 Å². The van der Waals surface area contributed by atoms with Gasteiger partial charge in [0, 0.05) is 23.7 Å². The van der Waals surface area contributed by atoms with E-state index in [-0.39, 0.29) is 5.41 Å². The highest BCUT2D eigenvalue weighted by Gasteiger charge is 2.89. The Kier molecular flexibility index (Phi) is 2.76. The molecule has 1 heterocycles. The van der Waals surface area contributed by atoms with E-state index >= 15 is 0 Å². The molecule has 1 unspecified atom stereocenters. The minimum Gasteiger partial charge on any atom is -0.397 e. The molecule has 128 valence electrons. The van der Waals surface area contributed by atoms with Gasteiger partial charge in [-0.25, -0.2) is 4.99 Å². The number of anilines is 2. The molecule has 0 amide bonds. The van der Waals surface area contributed by atoms with Gasteiger partial charge < -0.3 is 11.1 Å². The Bertz CT molecular complexity index is 883. The second-order valence-corrected chi connectivity index (χ2v) is 8.18. The van der Waals surface area contributed by atoms with Crippen molar-refractivity contribution in [1.82, 2.24) is 0 Å². The lowest BCUT2D eigenvalue weighted by Crippen LogP contribution is -2.21. The highest BCUT2D eigenvalue weighted by atomic mass is 15.1. The Morgan fingerprint density at radius 2 is 2.04 bits per heavy atom. The molecule has 3 N–H and O–H groups in total. The summed E-state index contributed by atoms with van der Waals surface area (Å²) in [5.74, 6) is 0.843. The van der Waals surface area contributed by atoms with Gasteiger partial charge in [-0.2, -0.15) is 0 Å². The average Bonchev–Trinajstić information content (AvgIpc) is 3.38. The standard InChI is InChI=1S/C21H24N4/c1-19(8-4-3-5-9-19)21-12-20(21,13-21)17-11-24-18(25-17)14-6-7-16(23-2)15(22)10-14/h3-8,10,23H,9,11-13,22H2,1-2H3. The number of nitrogens with zero attached hydrogens (tertiary/aromatic N) is 2. The Balaban J connectivity index is 1.39.